The van der Waals surface area contributed by atoms with E-state index >= 15 is 0 Å². The number of thiophene rings is 1. The van der Waals surface area contributed by atoms with Gasteiger partial charge in [0.1, 0.15) is 4.88 Å². The molecule has 1 fully saturated rings. The molecule has 5 nitrogen and oxygen atoms in total. The molecule has 6 heteroatoms. The van der Waals surface area contributed by atoms with Crippen molar-refractivity contribution in [3.05, 3.63) is 40.5 Å². The topological polar surface area (TPSA) is 94.0 Å². The van der Waals surface area contributed by atoms with E-state index in [0.717, 1.165) is 29.0 Å². The summed E-state index contributed by atoms with van der Waals surface area (Å²) in [5.41, 5.74) is 14.3. The van der Waals surface area contributed by atoms with Gasteiger partial charge in [0.25, 0.3) is 5.91 Å². The van der Waals surface area contributed by atoms with Gasteiger partial charge in [0.05, 0.1) is 10.7 Å². The lowest BCUT2D eigenvalue weighted by Gasteiger charge is -2.15. The van der Waals surface area contributed by atoms with Crippen molar-refractivity contribution in [2.45, 2.75) is 31.7 Å². The quantitative estimate of drug-likeness (QED) is 0.791. The fourth-order valence-corrected chi connectivity index (χ4v) is 3.60. The maximum absolute atomic E-state index is 11.5. The van der Waals surface area contributed by atoms with Crippen LogP contribution < -0.4 is 16.8 Å². The second-order valence-corrected chi connectivity index (χ2v) is 6.39. The predicted octanol–water partition coefficient (Wildman–Crippen LogP) is 2.87. The highest BCUT2D eigenvalue weighted by molar-refractivity contribution is 7.18. The number of carbonyl (C=O) groups excluding carboxylic acids is 1. The zero-order valence-electron chi connectivity index (χ0n) is 11.8. The summed E-state index contributed by atoms with van der Waals surface area (Å²) < 4.78 is 0. The SMILES string of the molecule is CC(Nc1sc(C(N)=O)c(N)c1C1CC1)c1ccncc1. The third kappa shape index (κ3) is 2.71. The maximum atomic E-state index is 11.5. The highest BCUT2D eigenvalue weighted by atomic mass is 32.1. The number of amides is 1. The fourth-order valence-electron chi connectivity index (χ4n) is 2.46. The highest BCUT2D eigenvalue weighted by Gasteiger charge is 2.32. The maximum Gasteiger partial charge on any atom is 0.260 e. The largest absolute Gasteiger partial charge is 0.397 e. The van der Waals surface area contributed by atoms with Gasteiger partial charge in [0.2, 0.25) is 0 Å². The number of anilines is 2. The Balaban J connectivity index is 1.91. The average molecular weight is 302 g/mol. The molecule has 2 heterocycles. The van der Waals surface area contributed by atoms with E-state index in [-0.39, 0.29) is 6.04 Å². The molecule has 3 rings (SSSR count). The second-order valence-electron chi connectivity index (χ2n) is 5.37. The van der Waals surface area contributed by atoms with Crippen LogP contribution in [0.25, 0.3) is 0 Å². The lowest BCUT2D eigenvalue weighted by Crippen LogP contribution is -2.11. The molecule has 1 saturated carbocycles. The van der Waals surface area contributed by atoms with Crippen LogP contribution in [0.2, 0.25) is 0 Å². The van der Waals surface area contributed by atoms with Crippen molar-refractivity contribution < 1.29 is 4.79 Å². The summed E-state index contributed by atoms with van der Waals surface area (Å²) >= 11 is 1.36. The van der Waals surface area contributed by atoms with Gasteiger partial charge in [-0.15, -0.1) is 11.3 Å². The molecule has 1 aliphatic carbocycles. The van der Waals surface area contributed by atoms with Crippen molar-refractivity contribution in [2.75, 3.05) is 11.1 Å². The Bertz CT molecular complexity index is 664. The van der Waals surface area contributed by atoms with Gasteiger partial charge in [-0.1, -0.05) is 0 Å². The second kappa shape index (κ2) is 5.37. The smallest absolute Gasteiger partial charge is 0.260 e. The summed E-state index contributed by atoms with van der Waals surface area (Å²) in [5, 5.41) is 4.43. The summed E-state index contributed by atoms with van der Waals surface area (Å²) in [6, 6.07) is 4.06. The van der Waals surface area contributed by atoms with Crippen molar-refractivity contribution in [2.24, 2.45) is 5.73 Å². The minimum atomic E-state index is -0.455. The molecule has 21 heavy (non-hydrogen) atoms. The van der Waals surface area contributed by atoms with Gasteiger partial charge in [0, 0.05) is 24.0 Å². The Kier molecular flexibility index (Phi) is 3.55. The first-order chi connectivity index (χ1) is 10.1. The summed E-state index contributed by atoms with van der Waals surface area (Å²) in [4.78, 5) is 16.0. The van der Waals surface area contributed by atoms with E-state index in [2.05, 4.69) is 17.2 Å². The molecule has 0 radical (unpaired) electrons. The van der Waals surface area contributed by atoms with E-state index in [1.54, 1.807) is 12.4 Å². The number of primary amides is 1. The van der Waals surface area contributed by atoms with E-state index in [1.165, 1.54) is 11.3 Å². The van der Waals surface area contributed by atoms with Crippen LogP contribution in [0, 0.1) is 0 Å². The van der Waals surface area contributed by atoms with E-state index in [0.29, 0.717) is 16.5 Å². The molecular weight excluding hydrogens is 284 g/mol. The number of nitrogens with two attached hydrogens (primary N) is 2. The summed E-state index contributed by atoms with van der Waals surface area (Å²) in [6.45, 7) is 2.08. The number of aromatic nitrogens is 1. The summed E-state index contributed by atoms with van der Waals surface area (Å²) in [7, 11) is 0. The molecule has 110 valence electrons. The first-order valence-corrected chi connectivity index (χ1v) is 7.78. The van der Waals surface area contributed by atoms with Gasteiger partial charge >= 0.3 is 0 Å². The van der Waals surface area contributed by atoms with E-state index < -0.39 is 5.91 Å². The zero-order valence-corrected chi connectivity index (χ0v) is 12.6. The number of nitrogens with one attached hydrogen (secondary N) is 1. The summed E-state index contributed by atoms with van der Waals surface area (Å²) in [5.74, 6) is 0.00510. The van der Waals surface area contributed by atoms with Crippen LogP contribution >= 0.6 is 11.3 Å². The molecule has 0 aromatic carbocycles. The Hall–Kier alpha value is -2.08. The normalized spacial score (nSPS) is 15.7. The lowest BCUT2D eigenvalue weighted by molar-refractivity contribution is 0.100. The molecule has 2 aromatic rings. The molecule has 0 bridgehead atoms. The Labute approximate surface area is 127 Å². The first kappa shape index (κ1) is 13.9. The van der Waals surface area contributed by atoms with Crippen molar-refractivity contribution in [1.29, 1.82) is 0 Å². The average Bonchev–Trinajstić information content (AvgIpc) is 3.24. The molecule has 1 aliphatic rings. The molecule has 0 saturated heterocycles. The van der Waals surface area contributed by atoms with Crippen molar-refractivity contribution >= 4 is 27.9 Å². The van der Waals surface area contributed by atoms with Gasteiger partial charge in [-0.2, -0.15) is 0 Å². The van der Waals surface area contributed by atoms with Crippen LogP contribution in [-0.2, 0) is 0 Å². The van der Waals surface area contributed by atoms with Crippen LogP contribution in [0.15, 0.2) is 24.5 Å². The number of pyridine rings is 1. The molecule has 1 atom stereocenters. The van der Waals surface area contributed by atoms with Crippen molar-refractivity contribution in [3.63, 3.8) is 0 Å². The molecular formula is C15H18N4OS. The molecule has 2 aromatic heterocycles. The van der Waals surface area contributed by atoms with Gasteiger partial charge < -0.3 is 16.8 Å². The minimum Gasteiger partial charge on any atom is -0.397 e. The van der Waals surface area contributed by atoms with E-state index in [9.17, 15) is 4.79 Å². The number of hydrogen-bond donors (Lipinski definition) is 3. The predicted molar refractivity (Wildman–Crippen MR) is 85.5 cm³/mol. The number of carbonyl (C=O) groups is 1. The standard InChI is InChI=1S/C15H18N4OS/c1-8(9-4-6-18-7-5-9)19-15-11(10-2-3-10)12(16)13(21-15)14(17)20/h4-8,10,19H,2-3,16H2,1H3,(H2,17,20). The lowest BCUT2D eigenvalue weighted by atomic mass is 10.1. The Morgan fingerprint density at radius 3 is 2.67 bits per heavy atom. The molecule has 1 amide bonds. The molecule has 0 aliphatic heterocycles. The molecule has 1 unspecified atom stereocenters. The summed E-state index contributed by atoms with van der Waals surface area (Å²) in [6.07, 6.45) is 5.79. The van der Waals surface area contributed by atoms with Gasteiger partial charge in [0.15, 0.2) is 0 Å². The van der Waals surface area contributed by atoms with Crippen LogP contribution in [0.5, 0.6) is 0 Å². The number of nitrogen functional groups attached to an aromatic ring is 1. The van der Waals surface area contributed by atoms with Gasteiger partial charge in [-0.05, 0) is 43.4 Å². The number of hydrogen-bond acceptors (Lipinski definition) is 5. The zero-order chi connectivity index (χ0) is 15.0. The Morgan fingerprint density at radius 1 is 1.43 bits per heavy atom. The van der Waals surface area contributed by atoms with E-state index in [1.807, 2.05) is 12.1 Å². The Morgan fingerprint density at radius 2 is 2.10 bits per heavy atom. The fraction of sp³-hybridized carbons (Fsp3) is 0.333. The van der Waals surface area contributed by atoms with Crippen LogP contribution in [0.4, 0.5) is 10.7 Å². The van der Waals surface area contributed by atoms with E-state index in [4.69, 9.17) is 11.5 Å². The minimum absolute atomic E-state index is 0.115. The van der Waals surface area contributed by atoms with Crippen LogP contribution in [0.1, 0.15) is 52.5 Å². The first-order valence-electron chi connectivity index (χ1n) is 6.96. The molecule has 0 spiro atoms. The third-order valence-electron chi connectivity index (χ3n) is 3.75. The van der Waals surface area contributed by atoms with Crippen LogP contribution in [0.3, 0.4) is 0 Å². The van der Waals surface area contributed by atoms with Gasteiger partial charge in [-0.25, -0.2) is 0 Å². The van der Waals surface area contributed by atoms with Crippen molar-refractivity contribution in [1.82, 2.24) is 4.98 Å². The van der Waals surface area contributed by atoms with Crippen molar-refractivity contribution in [3.8, 4) is 0 Å². The monoisotopic (exact) mass is 302 g/mol. The number of rotatable bonds is 5. The third-order valence-corrected chi connectivity index (χ3v) is 4.91. The van der Waals surface area contributed by atoms with Gasteiger partial charge in [-0.3, -0.25) is 9.78 Å². The molecule has 5 N–H and O–H groups in total. The van der Waals surface area contributed by atoms with Crippen LogP contribution in [-0.4, -0.2) is 10.9 Å². The highest BCUT2D eigenvalue weighted by Crippen LogP contribution is 2.51. The number of nitrogens with zero attached hydrogens (tertiary/aromatic N) is 1.